The number of urea groups is 1. The van der Waals surface area contributed by atoms with Crippen LogP contribution in [-0.2, 0) is 9.59 Å². The Labute approximate surface area is 202 Å². The Morgan fingerprint density at radius 2 is 1.15 bits per heavy atom. The summed E-state index contributed by atoms with van der Waals surface area (Å²) in [5.41, 5.74) is 0. The molecule has 1 heterocycles. The normalized spacial score (nSPS) is 21.6. The highest BCUT2D eigenvalue weighted by Gasteiger charge is 2.41. The predicted octanol–water partition coefficient (Wildman–Crippen LogP) is 7.02. The van der Waals surface area contributed by atoms with Gasteiger partial charge in [-0.25, -0.2) is 4.79 Å². The van der Waals surface area contributed by atoms with Crippen LogP contribution in [0.2, 0.25) is 0 Å². The zero-order valence-corrected chi connectivity index (χ0v) is 21.3. The first kappa shape index (κ1) is 27.9. The molecule has 2 fully saturated rings. The molecule has 1 aliphatic heterocycles. The summed E-state index contributed by atoms with van der Waals surface area (Å²) in [4.78, 5) is 34.5. The fraction of sp³-hybridized carbons (Fsp3) is 0.893. The number of amides is 2. The van der Waals surface area contributed by atoms with Gasteiger partial charge in [-0.2, -0.15) is 0 Å². The molecule has 2 aliphatic rings. The molecule has 1 saturated heterocycles. The van der Waals surface area contributed by atoms with Gasteiger partial charge in [0.2, 0.25) is 0 Å². The topological polar surface area (TPSA) is 75.3 Å². The maximum Gasteiger partial charge on any atom is 0.315 e. The first-order valence-electron chi connectivity index (χ1n) is 14.1. The molecule has 3 atom stereocenters. The highest BCUT2D eigenvalue weighted by atomic mass is 16.2. The van der Waals surface area contributed by atoms with Gasteiger partial charge in [0.15, 0.2) is 0 Å². The number of ketones is 2. The first-order valence-corrected chi connectivity index (χ1v) is 14.1. The summed E-state index contributed by atoms with van der Waals surface area (Å²) in [6.07, 6.45) is 24.3. The summed E-state index contributed by atoms with van der Waals surface area (Å²) >= 11 is 0. The van der Waals surface area contributed by atoms with Crippen LogP contribution in [0.15, 0.2) is 0 Å². The van der Waals surface area contributed by atoms with Crippen LogP contribution in [0.3, 0.4) is 0 Å². The minimum atomic E-state index is -0.00503. The zero-order chi connectivity index (χ0) is 23.7. The number of rotatable bonds is 21. The van der Waals surface area contributed by atoms with Crippen LogP contribution in [0.1, 0.15) is 142 Å². The van der Waals surface area contributed by atoms with E-state index in [2.05, 4.69) is 10.6 Å². The van der Waals surface area contributed by atoms with Gasteiger partial charge >= 0.3 is 6.03 Å². The molecule has 0 spiro atoms. The molecule has 5 nitrogen and oxygen atoms in total. The largest absolute Gasteiger partial charge is 0.333 e. The smallest absolute Gasteiger partial charge is 0.315 e. The lowest BCUT2D eigenvalue weighted by Crippen LogP contribution is -2.33. The minimum absolute atomic E-state index is 0.00503. The summed E-state index contributed by atoms with van der Waals surface area (Å²) in [5, 5.41) is 6.07. The van der Waals surface area contributed by atoms with Crippen molar-refractivity contribution in [1.82, 2.24) is 10.6 Å². The predicted molar refractivity (Wildman–Crippen MR) is 135 cm³/mol. The Kier molecular flexibility index (Phi) is 14.4. The van der Waals surface area contributed by atoms with Crippen molar-refractivity contribution in [1.29, 1.82) is 0 Å². The van der Waals surface area contributed by atoms with Crippen molar-refractivity contribution in [2.24, 2.45) is 5.92 Å². The van der Waals surface area contributed by atoms with E-state index in [-0.39, 0.29) is 6.03 Å². The first-order chi connectivity index (χ1) is 16.1. The second-order valence-corrected chi connectivity index (χ2v) is 10.7. The third kappa shape index (κ3) is 12.6. The number of carbonyl (C=O) groups excluding carboxylic acids is 3. The van der Waals surface area contributed by atoms with Crippen LogP contribution in [0, 0.1) is 5.92 Å². The molecular weight excluding hydrogens is 412 g/mol. The molecule has 5 heteroatoms. The lowest BCUT2D eigenvalue weighted by molar-refractivity contribution is -0.119. The summed E-state index contributed by atoms with van der Waals surface area (Å²) in [6, 6.07) is 0.654. The van der Waals surface area contributed by atoms with Gasteiger partial charge < -0.3 is 15.4 Å². The van der Waals surface area contributed by atoms with Gasteiger partial charge in [-0.15, -0.1) is 0 Å². The van der Waals surface area contributed by atoms with Gasteiger partial charge in [-0.1, -0.05) is 77.0 Å². The van der Waals surface area contributed by atoms with Crippen molar-refractivity contribution in [3.8, 4) is 0 Å². The van der Waals surface area contributed by atoms with Crippen molar-refractivity contribution in [3.63, 3.8) is 0 Å². The van der Waals surface area contributed by atoms with Crippen LogP contribution < -0.4 is 10.6 Å². The second-order valence-electron chi connectivity index (χ2n) is 10.7. The molecule has 0 aromatic heterocycles. The van der Waals surface area contributed by atoms with Crippen LogP contribution in [-0.4, -0.2) is 29.7 Å². The Hall–Kier alpha value is -1.39. The van der Waals surface area contributed by atoms with Crippen LogP contribution >= 0.6 is 0 Å². The van der Waals surface area contributed by atoms with E-state index in [0.29, 0.717) is 29.6 Å². The summed E-state index contributed by atoms with van der Waals surface area (Å²) in [7, 11) is 0. The van der Waals surface area contributed by atoms with Gasteiger partial charge in [0.25, 0.3) is 0 Å². The van der Waals surface area contributed by atoms with Gasteiger partial charge in [0.05, 0.1) is 12.1 Å². The Morgan fingerprint density at radius 3 is 1.70 bits per heavy atom. The molecule has 0 aromatic rings. The summed E-state index contributed by atoms with van der Waals surface area (Å²) in [5.74, 6) is 1.36. The molecule has 1 aliphatic carbocycles. The van der Waals surface area contributed by atoms with E-state index in [1.165, 1.54) is 77.0 Å². The lowest BCUT2D eigenvalue weighted by Gasteiger charge is -2.17. The minimum Gasteiger partial charge on any atom is -0.333 e. The third-order valence-electron chi connectivity index (χ3n) is 7.67. The molecule has 190 valence electrons. The standard InChI is InChI=1S/C28H50N2O3/c1-23(31)17-13-11-9-7-5-3-2-4-6-8-10-12-14-19-25(32)20-16-15-18-24-21-22-26-27(24)30-28(33)29-26/h24,26-27H,2-22H2,1H3,(H2,29,30,33). The van der Waals surface area contributed by atoms with E-state index >= 15 is 0 Å². The Balaban J connectivity index is 1.28. The molecular formula is C28H50N2O3. The molecule has 0 radical (unpaired) electrons. The van der Waals surface area contributed by atoms with Crippen LogP contribution in [0.5, 0.6) is 0 Å². The van der Waals surface area contributed by atoms with Crippen molar-refractivity contribution in [2.45, 2.75) is 154 Å². The molecule has 33 heavy (non-hydrogen) atoms. The van der Waals surface area contributed by atoms with E-state index in [1.54, 1.807) is 6.92 Å². The molecule has 2 N–H and O–H groups in total. The monoisotopic (exact) mass is 462 g/mol. The third-order valence-corrected chi connectivity index (χ3v) is 7.67. The SMILES string of the molecule is CC(=O)CCCCCCCCCCCCCCCC(=O)CCCCC1CCC2NC(=O)NC12. The van der Waals surface area contributed by atoms with E-state index in [4.69, 9.17) is 0 Å². The molecule has 2 rings (SSSR count). The fourth-order valence-corrected chi connectivity index (χ4v) is 5.64. The number of hydrogen-bond donors (Lipinski definition) is 2. The van der Waals surface area contributed by atoms with E-state index < -0.39 is 0 Å². The zero-order valence-electron chi connectivity index (χ0n) is 21.3. The highest BCUT2D eigenvalue weighted by Crippen LogP contribution is 2.32. The van der Waals surface area contributed by atoms with Crippen molar-refractivity contribution >= 4 is 17.6 Å². The number of Topliss-reactive ketones (excluding diaryl/α,β-unsaturated/α-hetero) is 2. The number of nitrogens with one attached hydrogen (secondary N) is 2. The molecule has 1 saturated carbocycles. The Bertz CT molecular complexity index is 577. The number of carbonyl (C=O) groups is 3. The molecule has 3 unspecified atom stereocenters. The quantitative estimate of drug-likeness (QED) is 0.180. The van der Waals surface area contributed by atoms with Gasteiger partial charge in [0.1, 0.15) is 11.6 Å². The Morgan fingerprint density at radius 1 is 0.667 bits per heavy atom. The average Bonchev–Trinajstić information content (AvgIpc) is 3.33. The number of unbranched alkanes of at least 4 members (excludes halogenated alkanes) is 13. The van der Waals surface area contributed by atoms with Crippen molar-refractivity contribution < 1.29 is 14.4 Å². The maximum absolute atomic E-state index is 12.1. The number of hydrogen-bond acceptors (Lipinski definition) is 3. The van der Waals surface area contributed by atoms with Gasteiger partial charge in [0, 0.05) is 19.3 Å². The lowest BCUT2D eigenvalue weighted by atomic mass is 9.95. The van der Waals surface area contributed by atoms with Gasteiger partial charge in [-0.3, -0.25) is 4.79 Å². The molecule has 0 bridgehead atoms. The second kappa shape index (κ2) is 17.1. The van der Waals surface area contributed by atoms with E-state index in [0.717, 1.165) is 57.8 Å². The van der Waals surface area contributed by atoms with Crippen molar-refractivity contribution in [2.75, 3.05) is 0 Å². The maximum atomic E-state index is 12.1. The van der Waals surface area contributed by atoms with Crippen LogP contribution in [0.25, 0.3) is 0 Å². The fourth-order valence-electron chi connectivity index (χ4n) is 5.64. The highest BCUT2D eigenvalue weighted by molar-refractivity contribution is 5.78. The summed E-state index contributed by atoms with van der Waals surface area (Å²) in [6.45, 7) is 1.69. The van der Waals surface area contributed by atoms with E-state index in [1.807, 2.05) is 0 Å². The van der Waals surface area contributed by atoms with E-state index in [9.17, 15) is 14.4 Å². The molecule has 2 amide bonds. The number of fused-ring (bicyclic) bond motifs is 1. The van der Waals surface area contributed by atoms with Gasteiger partial charge in [-0.05, 0) is 51.4 Å². The summed E-state index contributed by atoms with van der Waals surface area (Å²) < 4.78 is 0. The molecule has 0 aromatic carbocycles. The van der Waals surface area contributed by atoms with Crippen molar-refractivity contribution in [3.05, 3.63) is 0 Å². The average molecular weight is 463 g/mol. The van der Waals surface area contributed by atoms with Crippen LogP contribution in [0.4, 0.5) is 4.79 Å².